The summed E-state index contributed by atoms with van der Waals surface area (Å²) in [5.74, 6) is -0.491. The molecular formula is C24H27NO3. The number of hydrogen-bond acceptors (Lipinski definition) is 3. The smallest absolute Gasteiger partial charge is 0.336 e. The summed E-state index contributed by atoms with van der Waals surface area (Å²) in [6.45, 7) is 6.23. The molecule has 146 valence electrons. The van der Waals surface area contributed by atoms with Crippen LogP contribution >= 0.6 is 0 Å². The highest BCUT2D eigenvalue weighted by Gasteiger charge is 2.40. The van der Waals surface area contributed by atoms with Crippen LogP contribution in [0, 0.1) is 5.41 Å². The third kappa shape index (κ3) is 4.01. The molecule has 0 aromatic heterocycles. The maximum absolute atomic E-state index is 12.9. The number of hydrogen-bond donors (Lipinski definition) is 1. The molecule has 0 unspecified atom stereocenters. The minimum absolute atomic E-state index is 0.141. The van der Waals surface area contributed by atoms with Gasteiger partial charge in [-0.25, -0.2) is 4.79 Å². The Morgan fingerprint density at radius 1 is 1.04 bits per heavy atom. The molecule has 2 aromatic carbocycles. The summed E-state index contributed by atoms with van der Waals surface area (Å²) < 4.78 is 5.38. The summed E-state index contributed by atoms with van der Waals surface area (Å²) in [6, 6.07) is 17.5. The SMILES string of the molecule is CCOC(=O)C1=C(NC(=O)Cc2ccccc2)c2ccccc2C[C@@]1(C)CC. The van der Waals surface area contributed by atoms with Gasteiger partial charge in [0.2, 0.25) is 5.91 Å². The van der Waals surface area contributed by atoms with Gasteiger partial charge >= 0.3 is 5.97 Å². The first-order valence-electron chi connectivity index (χ1n) is 9.82. The first-order chi connectivity index (χ1) is 13.5. The fraction of sp³-hybridized carbons (Fsp3) is 0.333. The second kappa shape index (κ2) is 8.42. The average molecular weight is 377 g/mol. The summed E-state index contributed by atoms with van der Waals surface area (Å²) in [7, 11) is 0. The molecule has 0 radical (unpaired) electrons. The number of esters is 1. The molecule has 28 heavy (non-hydrogen) atoms. The maximum atomic E-state index is 12.9. The second-order valence-electron chi connectivity index (χ2n) is 7.43. The van der Waals surface area contributed by atoms with Crippen molar-refractivity contribution in [1.29, 1.82) is 0 Å². The second-order valence-corrected chi connectivity index (χ2v) is 7.43. The Hall–Kier alpha value is -2.88. The van der Waals surface area contributed by atoms with Gasteiger partial charge in [-0.3, -0.25) is 4.79 Å². The van der Waals surface area contributed by atoms with E-state index in [4.69, 9.17) is 4.74 Å². The third-order valence-electron chi connectivity index (χ3n) is 5.45. The number of carbonyl (C=O) groups excluding carboxylic acids is 2. The first kappa shape index (κ1) is 19.9. The van der Waals surface area contributed by atoms with Gasteiger partial charge in [0, 0.05) is 11.0 Å². The molecule has 4 nitrogen and oxygen atoms in total. The summed E-state index contributed by atoms with van der Waals surface area (Å²) in [5.41, 5.74) is 3.73. The van der Waals surface area contributed by atoms with E-state index in [9.17, 15) is 9.59 Å². The van der Waals surface area contributed by atoms with E-state index < -0.39 is 5.41 Å². The molecule has 0 saturated heterocycles. The number of nitrogens with one attached hydrogen (secondary N) is 1. The van der Waals surface area contributed by atoms with Crippen LogP contribution in [0.2, 0.25) is 0 Å². The number of amides is 1. The van der Waals surface area contributed by atoms with Crippen LogP contribution in [-0.4, -0.2) is 18.5 Å². The molecule has 1 N–H and O–H groups in total. The molecule has 3 rings (SSSR count). The van der Waals surface area contributed by atoms with Crippen LogP contribution in [0.5, 0.6) is 0 Å². The van der Waals surface area contributed by atoms with Crippen molar-refractivity contribution in [1.82, 2.24) is 5.32 Å². The zero-order chi connectivity index (χ0) is 20.1. The number of benzene rings is 2. The van der Waals surface area contributed by atoms with Crippen LogP contribution < -0.4 is 5.32 Å². The van der Waals surface area contributed by atoms with Crippen LogP contribution in [0.1, 0.15) is 43.9 Å². The number of rotatable bonds is 6. The standard InChI is InChI=1S/C24H27NO3/c1-4-24(3)16-18-13-9-10-14-19(18)22(21(24)23(27)28-5-2)25-20(26)15-17-11-7-6-8-12-17/h6-14H,4-5,15-16H2,1-3H3,(H,25,26)/t24-/m1/s1. The predicted molar refractivity (Wildman–Crippen MR) is 110 cm³/mol. The molecule has 0 aliphatic heterocycles. The van der Waals surface area contributed by atoms with Crippen LogP contribution in [0.3, 0.4) is 0 Å². The van der Waals surface area contributed by atoms with Crippen molar-refractivity contribution in [2.45, 2.75) is 40.0 Å². The van der Waals surface area contributed by atoms with Crippen LogP contribution in [0.25, 0.3) is 5.70 Å². The molecule has 1 aliphatic carbocycles. The van der Waals surface area contributed by atoms with Gasteiger partial charge in [-0.1, -0.05) is 68.4 Å². The lowest BCUT2D eigenvalue weighted by Gasteiger charge is -2.37. The Kier molecular flexibility index (Phi) is 5.98. The van der Waals surface area contributed by atoms with Crippen molar-refractivity contribution in [2.24, 2.45) is 5.41 Å². The number of ether oxygens (including phenoxy) is 1. The minimum Gasteiger partial charge on any atom is -0.463 e. The van der Waals surface area contributed by atoms with Gasteiger partial charge < -0.3 is 10.1 Å². The quantitative estimate of drug-likeness (QED) is 0.764. The Morgan fingerprint density at radius 2 is 1.71 bits per heavy atom. The lowest BCUT2D eigenvalue weighted by Crippen LogP contribution is -2.37. The highest BCUT2D eigenvalue weighted by molar-refractivity contribution is 6.03. The fourth-order valence-electron chi connectivity index (χ4n) is 3.81. The van der Waals surface area contributed by atoms with Gasteiger partial charge in [0.1, 0.15) is 0 Å². The highest BCUT2D eigenvalue weighted by atomic mass is 16.5. The molecule has 1 amide bonds. The highest BCUT2D eigenvalue weighted by Crippen LogP contribution is 2.44. The zero-order valence-electron chi connectivity index (χ0n) is 16.7. The van der Waals surface area contributed by atoms with E-state index in [0.717, 1.165) is 29.5 Å². The summed E-state index contributed by atoms with van der Waals surface area (Å²) >= 11 is 0. The topological polar surface area (TPSA) is 55.4 Å². The zero-order valence-corrected chi connectivity index (χ0v) is 16.7. The molecule has 1 aliphatic rings. The minimum atomic E-state index is -0.393. The molecule has 0 heterocycles. The van der Waals surface area contributed by atoms with Crippen LogP contribution in [-0.2, 0) is 27.2 Å². The van der Waals surface area contributed by atoms with E-state index in [-0.39, 0.29) is 18.3 Å². The molecule has 0 spiro atoms. The Labute approximate surface area is 166 Å². The lowest BCUT2D eigenvalue weighted by atomic mass is 9.68. The van der Waals surface area contributed by atoms with Crippen molar-refractivity contribution in [3.05, 3.63) is 76.9 Å². The van der Waals surface area contributed by atoms with E-state index in [1.807, 2.05) is 48.5 Å². The normalized spacial score (nSPS) is 18.4. The maximum Gasteiger partial charge on any atom is 0.336 e. The van der Waals surface area contributed by atoms with Gasteiger partial charge in [0.25, 0.3) is 0 Å². The molecule has 0 bridgehead atoms. The van der Waals surface area contributed by atoms with Crippen molar-refractivity contribution in [3.8, 4) is 0 Å². The molecule has 0 saturated carbocycles. The van der Waals surface area contributed by atoms with E-state index in [1.54, 1.807) is 6.92 Å². The van der Waals surface area contributed by atoms with Crippen LogP contribution in [0.15, 0.2) is 60.2 Å². The van der Waals surface area contributed by atoms with Crippen molar-refractivity contribution in [3.63, 3.8) is 0 Å². The van der Waals surface area contributed by atoms with E-state index in [1.165, 1.54) is 0 Å². The van der Waals surface area contributed by atoms with E-state index in [2.05, 4.69) is 25.2 Å². The third-order valence-corrected chi connectivity index (χ3v) is 5.45. The van der Waals surface area contributed by atoms with Gasteiger partial charge in [0.05, 0.1) is 24.3 Å². The van der Waals surface area contributed by atoms with Crippen molar-refractivity contribution < 1.29 is 14.3 Å². The first-order valence-corrected chi connectivity index (χ1v) is 9.82. The monoisotopic (exact) mass is 377 g/mol. The van der Waals surface area contributed by atoms with Gasteiger partial charge in [-0.05, 0) is 30.9 Å². The van der Waals surface area contributed by atoms with Gasteiger partial charge in [0.15, 0.2) is 0 Å². The largest absolute Gasteiger partial charge is 0.463 e. The molecule has 4 heteroatoms. The molecule has 2 aromatic rings. The Bertz CT molecular complexity index is 901. The number of carbonyl (C=O) groups is 2. The molecule has 0 fully saturated rings. The van der Waals surface area contributed by atoms with Crippen LogP contribution in [0.4, 0.5) is 0 Å². The van der Waals surface area contributed by atoms with E-state index in [0.29, 0.717) is 17.9 Å². The average Bonchev–Trinajstić information content (AvgIpc) is 2.68. The molecular weight excluding hydrogens is 350 g/mol. The van der Waals surface area contributed by atoms with Gasteiger partial charge in [-0.15, -0.1) is 0 Å². The Morgan fingerprint density at radius 3 is 2.39 bits per heavy atom. The predicted octanol–water partition coefficient (Wildman–Crippen LogP) is 4.29. The summed E-state index contributed by atoms with van der Waals surface area (Å²) in [5, 5.41) is 3.04. The number of fused-ring (bicyclic) bond motifs is 1. The van der Waals surface area contributed by atoms with Crippen molar-refractivity contribution >= 4 is 17.6 Å². The summed E-state index contributed by atoms with van der Waals surface area (Å²) in [6.07, 6.45) is 1.77. The van der Waals surface area contributed by atoms with E-state index >= 15 is 0 Å². The lowest BCUT2D eigenvalue weighted by molar-refractivity contribution is -0.139. The van der Waals surface area contributed by atoms with Crippen molar-refractivity contribution in [2.75, 3.05) is 6.61 Å². The fourth-order valence-corrected chi connectivity index (χ4v) is 3.81. The Balaban J connectivity index is 2.05. The molecule has 1 atom stereocenters. The summed E-state index contributed by atoms with van der Waals surface area (Å²) in [4.78, 5) is 25.7. The van der Waals surface area contributed by atoms with Gasteiger partial charge in [-0.2, -0.15) is 0 Å².